The lowest BCUT2D eigenvalue weighted by atomic mass is 9.81. The minimum Gasteiger partial charge on any atom is -0.312 e. The summed E-state index contributed by atoms with van der Waals surface area (Å²) in [6.07, 6.45) is 17.8. The van der Waals surface area contributed by atoms with Crippen LogP contribution in [0.25, 0.3) is 33.9 Å². The fraction of sp³-hybridized carbons (Fsp3) is 0.135. The molecule has 2 aliphatic carbocycles. The van der Waals surface area contributed by atoms with Crippen LogP contribution in [0.4, 0.5) is 0 Å². The number of fused-ring (bicyclic) bond motifs is 3. The van der Waals surface area contributed by atoms with Gasteiger partial charge in [-0.2, -0.15) is 0 Å². The Morgan fingerprint density at radius 3 is 2.26 bits per heavy atom. The van der Waals surface area contributed by atoms with Gasteiger partial charge in [-0.25, -0.2) is 0 Å². The second kappa shape index (κ2) is 15.9. The highest BCUT2D eigenvalue weighted by Gasteiger charge is 2.35. The minimum atomic E-state index is -0.224. The molecule has 2 nitrogen and oxygen atoms in total. The lowest BCUT2D eigenvalue weighted by molar-refractivity contribution is 0.660. The third-order valence-corrected chi connectivity index (χ3v) is 11.0. The molecule has 54 heavy (non-hydrogen) atoms. The van der Waals surface area contributed by atoms with Gasteiger partial charge < -0.3 is 5.73 Å². The monoisotopic (exact) mass is 700 g/mol. The molecular formula is C52H48N2. The molecule has 5 aromatic carbocycles. The van der Waals surface area contributed by atoms with Gasteiger partial charge in [0.05, 0.1) is 6.67 Å². The fourth-order valence-electron chi connectivity index (χ4n) is 8.08. The van der Waals surface area contributed by atoms with Gasteiger partial charge in [0.1, 0.15) is 0 Å². The molecule has 0 amide bonds. The van der Waals surface area contributed by atoms with Crippen LogP contribution in [0.2, 0.25) is 0 Å². The third kappa shape index (κ3) is 7.14. The van der Waals surface area contributed by atoms with E-state index in [0.717, 1.165) is 45.5 Å². The van der Waals surface area contributed by atoms with Crippen molar-refractivity contribution >= 4 is 28.5 Å². The van der Waals surface area contributed by atoms with E-state index in [1.165, 1.54) is 44.5 Å². The predicted molar refractivity (Wildman–Crippen MR) is 233 cm³/mol. The summed E-state index contributed by atoms with van der Waals surface area (Å²) in [5, 5.41) is 0. The lowest BCUT2D eigenvalue weighted by Crippen LogP contribution is -2.15. The summed E-state index contributed by atoms with van der Waals surface area (Å²) < 4.78 is 0. The highest BCUT2D eigenvalue weighted by atomic mass is 14.9. The van der Waals surface area contributed by atoms with Crippen molar-refractivity contribution in [3.63, 3.8) is 0 Å². The van der Waals surface area contributed by atoms with E-state index in [-0.39, 0.29) is 18.0 Å². The van der Waals surface area contributed by atoms with Crippen LogP contribution in [0, 0.1) is 6.92 Å². The molecule has 0 fully saturated rings. The zero-order valence-corrected chi connectivity index (χ0v) is 31.6. The first kappa shape index (κ1) is 36.3. The van der Waals surface area contributed by atoms with E-state index in [4.69, 9.17) is 10.7 Å². The number of nitrogens with zero attached hydrogens (tertiary/aromatic N) is 1. The SMILES string of the molecule is C=C/C=C\c1cccc(C(/C=C(\C=C)c2ccc3c(c2)-c2ccccc2C3(C)C)C(/C=C(/C2=CC=C(c3ccccc3)C2)c2ccccc2)=N/CN)c1C. The summed E-state index contributed by atoms with van der Waals surface area (Å²) in [5.74, 6) is -0.224. The topological polar surface area (TPSA) is 38.4 Å². The van der Waals surface area contributed by atoms with Gasteiger partial charge >= 0.3 is 0 Å². The van der Waals surface area contributed by atoms with Gasteiger partial charge in [-0.05, 0) is 103 Å². The fourth-order valence-corrected chi connectivity index (χ4v) is 8.08. The number of hydrogen-bond donors (Lipinski definition) is 1. The van der Waals surface area contributed by atoms with Crippen molar-refractivity contribution in [2.75, 3.05) is 6.67 Å². The summed E-state index contributed by atoms with van der Waals surface area (Å²) in [4.78, 5) is 5.10. The van der Waals surface area contributed by atoms with Crippen LogP contribution in [-0.2, 0) is 5.41 Å². The van der Waals surface area contributed by atoms with Crippen molar-refractivity contribution in [1.29, 1.82) is 0 Å². The molecule has 2 N–H and O–H groups in total. The van der Waals surface area contributed by atoms with Gasteiger partial charge in [0.15, 0.2) is 0 Å². The molecule has 1 atom stereocenters. The summed E-state index contributed by atoms with van der Waals surface area (Å²) in [7, 11) is 0. The second-order valence-corrected chi connectivity index (χ2v) is 14.5. The van der Waals surface area contributed by atoms with Gasteiger partial charge in [-0.3, -0.25) is 4.99 Å². The molecule has 266 valence electrons. The first-order chi connectivity index (χ1) is 26.3. The third-order valence-electron chi connectivity index (χ3n) is 11.0. The molecule has 0 saturated carbocycles. The van der Waals surface area contributed by atoms with E-state index in [1.807, 2.05) is 18.2 Å². The molecule has 1 unspecified atom stereocenters. The first-order valence-electron chi connectivity index (χ1n) is 18.8. The van der Waals surface area contributed by atoms with E-state index >= 15 is 0 Å². The van der Waals surface area contributed by atoms with E-state index in [0.29, 0.717) is 0 Å². The van der Waals surface area contributed by atoms with Crippen LogP contribution in [0.15, 0.2) is 188 Å². The number of nitrogens with two attached hydrogens (primary N) is 1. The summed E-state index contributed by atoms with van der Waals surface area (Å²) in [5.41, 5.74) is 24.2. The predicted octanol–water partition coefficient (Wildman–Crippen LogP) is 12.7. The second-order valence-electron chi connectivity index (χ2n) is 14.5. The highest BCUT2D eigenvalue weighted by molar-refractivity contribution is 6.10. The van der Waals surface area contributed by atoms with E-state index < -0.39 is 0 Å². The van der Waals surface area contributed by atoms with Crippen molar-refractivity contribution in [1.82, 2.24) is 0 Å². The van der Waals surface area contributed by atoms with E-state index in [1.54, 1.807) is 0 Å². The van der Waals surface area contributed by atoms with Crippen molar-refractivity contribution < 1.29 is 0 Å². The Labute approximate surface area is 321 Å². The Kier molecular flexibility index (Phi) is 10.7. The molecule has 5 aromatic rings. The zero-order valence-electron chi connectivity index (χ0n) is 31.6. The molecule has 0 spiro atoms. The van der Waals surface area contributed by atoms with Crippen molar-refractivity contribution in [3.05, 3.63) is 227 Å². The zero-order chi connectivity index (χ0) is 37.7. The minimum absolute atomic E-state index is 0.0642. The van der Waals surface area contributed by atoms with E-state index in [9.17, 15) is 0 Å². The Balaban J connectivity index is 1.39. The lowest BCUT2D eigenvalue weighted by Gasteiger charge is -2.22. The van der Waals surface area contributed by atoms with Crippen LogP contribution in [-0.4, -0.2) is 12.4 Å². The molecule has 2 heteroatoms. The maximum absolute atomic E-state index is 6.35. The van der Waals surface area contributed by atoms with Gasteiger partial charge in [0, 0.05) is 17.0 Å². The Hall–Kier alpha value is -6.09. The number of aliphatic imine (C=N–C) groups is 1. The summed E-state index contributed by atoms with van der Waals surface area (Å²) in [6.45, 7) is 15.3. The molecule has 0 saturated heterocycles. The molecule has 7 rings (SSSR count). The van der Waals surface area contributed by atoms with Crippen LogP contribution in [0.3, 0.4) is 0 Å². The number of benzene rings is 5. The quantitative estimate of drug-likeness (QED) is 0.102. The normalized spacial score (nSPS) is 15.7. The smallest absolute Gasteiger partial charge is 0.0863 e. The van der Waals surface area contributed by atoms with Gasteiger partial charge in [-0.15, -0.1) is 0 Å². The molecule has 0 aliphatic heterocycles. The molecular weight excluding hydrogens is 653 g/mol. The average molecular weight is 701 g/mol. The van der Waals surface area contributed by atoms with Gasteiger partial charge in [0.25, 0.3) is 0 Å². The van der Waals surface area contributed by atoms with Crippen molar-refractivity contribution in [2.24, 2.45) is 10.7 Å². The average Bonchev–Trinajstić information content (AvgIpc) is 3.78. The molecule has 0 heterocycles. The molecule has 0 bridgehead atoms. The van der Waals surface area contributed by atoms with Gasteiger partial charge in [-0.1, -0.05) is 185 Å². The van der Waals surface area contributed by atoms with Crippen molar-refractivity contribution in [3.8, 4) is 11.1 Å². The van der Waals surface area contributed by atoms with Crippen LogP contribution >= 0.6 is 0 Å². The number of allylic oxidation sites excluding steroid dienone is 11. The maximum Gasteiger partial charge on any atom is 0.0863 e. The Bertz CT molecular complexity index is 2390. The van der Waals surface area contributed by atoms with Crippen LogP contribution in [0.1, 0.15) is 70.7 Å². The van der Waals surface area contributed by atoms with Crippen LogP contribution in [0.5, 0.6) is 0 Å². The van der Waals surface area contributed by atoms with Crippen LogP contribution < -0.4 is 5.73 Å². The maximum atomic E-state index is 6.35. The summed E-state index contributed by atoms with van der Waals surface area (Å²) in [6, 6.07) is 43.4. The Morgan fingerprint density at radius 1 is 0.796 bits per heavy atom. The highest BCUT2D eigenvalue weighted by Crippen LogP contribution is 2.49. The largest absolute Gasteiger partial charge is 0.312 e. The standard InChI is InChI=1S/C52H48N2/c1-6-8-18-38-23-17-25-44(36(38)3)48(32-37(7-2)42-29-30-50-47(33-42)45-24-15-16-26-49(45)52(50,4)5)51(54-35-53)34-46(40-21-13-10-14-22-40)43-28-27-41(31-43)39-19-11-9-12-20-39/h6-30,32-34,48H,1-2,31,35,53H2,3-5H3/b18-8-,37-32+,46-34+,54-51+. The molecule has 2 aliphatic rings. The van der Waals surface area contributed by atoms with Crippen molar-refractivity contribution in [2.45, 2.75) is 38.5 Å². The van der Waals surface area contributed by atoms with Gasteiger partial charge in [0.2, 0.25) is 0 Å². The number of rotatable bonds is 12. The first-order valence-corrected chi connectivity index (χ1v) is 18.8. The number of hydrogen-bond acceptors (Lipinski definition) is 2. The molecule has 0 radical (unpaired) electrons. The summed E-state index contributed by atoms with van der Waals surface area (Å²) >= 11 is 0. The Morgan fingerprint density at radius 2 is 1.52 bits per heavy atom. The molecule has 0 aromatic heterocycles. The van der Waals surface area contributed by atoms with E-state index in [2.05, 4.69) is 186 Å².